The maximum atomic E-state index is 3.61. The lowest BCUT2D eigenvalue weighted by Gasteiger charge is -2.37. The van der Waals surface area contributed by atoms with Gasteiger partial charge in [-0.05, 0) is 39.2 Å². The van der Waals surface area contributed by atoms with Crippen molar-refractivity contribution >= 4 is 15.9 Å². The highest BCUT2D eigenvalue weighted by molar-refractivity contribution is 9.09. The van der Waals surface area contributed by atoms with Crippen molar-refractivity contribution in [2.24, 2.45) is 11.8 Å². The van der Waals surface area contributed by atoms with Gasteiger partial charge < -0.3 is 4.90 Å². The molecule has 0 fully saturated rings. The van der Waals surface area contributed by atoms with E-state index in [2.05, 4.69) is 62.5 Å². The summed E-state index contributed by atoms with van der Waals surface area (Å²) in [5.74, 6) is 1.51. The van der Waals surface area contributed by atoms with Crippen LogP contribution in [-0.2, 0) is 0 Å². The molecule has 0 heterocycles. The molecule has 0 amide bonds. The maximum Gasteiger partial charge on any atom is 0.0147 e. The molecular weight excluding hydrogens is 238 g/mol. The Morgan fingerprint density at radius 3 is 2.07 bits per heavy atom. The minimum Gasteiger partial charge on any atom is -0.301 e. The highest BCUT2D eigenvalue weighted by Gasteiger charge is 2.24. The molecule has 2 heteroatoms. The summed E-state index contributed by atoms with van der Waals surface area (Å²) < 4.78 is 0. The predicted molar refractivity (Wildman–Crippen MR) is 69.1 cm³/mol. The van der Waals surface area contributed by atoms with Crippen LogP contribution in [0.5, 0.6) is 0 Å². The maximum absolute atomic E-state index is 3.61. The van der Waals surface area contributed by atoms with Crippen LogP contribution in [-0.4, -0.2) is 29.4 Å². The highest BCUT2D eigenvalue weighted by Crippen LogP contribution is 2.21. The van der Waals surface area contributed by atoms with Gasteiger partial charge in [-0.25, -0.2) is 0 Å². The zero-order valence-corrected chi connectivity index (χ0v) is 12.2. The van der Waals surface area contributed by atoms with Crippen LogP contribution in [0.1, 0.15) is 41.0 Å². The average molecular weight is 264 g/mol. The van der Waals surface area contributed by atoms with Gasteiger partial charge in [0, 0.05) is 17.4 Å². The lowest BCUT2D eigenvalue weighted by molar-refractivity contribution is 0.121. The molecule has 0 N–H and O–H groups in total. The first-order valence-electron chi connectivity index (χ1n) is 5.62. The Bertz CT molecular complexity index is 154. The fourth-order valence-corrected chi connectivity index (χ4v) is 2.26. The van der Waals surface area contributed by atoms with Crippen molar-refractivity contribution in [1.29, 1.82) is 0 Å². The summed E-state index contributed by atoms with van der Waals surface area (Å²) in [7, 11) is 2.24. The van der Waals surface area contributed by atoms with Gasteiger partial charge in [0.1, 0.15) is 0 Å². The first kappa shape index (κ1) is 14.4. The molecule has 1 atom stereocenters. The number of rotatable bonds is 6. The van der Waals surface area contributed by atoms with E-state index in [9.17, 15) is 0 Å². The van der Waals surface area contributed by atoms with Crippen molar-refractivity contribution in [2.45, 2.75) is 46.6 Å². The van der Waals surface area contributed by atoms with Gasteiger partial charge in [-0.1, -0.05) is 36.7 Å². The third-order valence-electron chi connectivity index (χ3n) is 3.55. The third-order valence-corrected chi connectivity index (χ3v) is 4.38. The second kappa shape index (κ2) is 6.12. The van der Waals surface area contributed by atoms with Crippen molar-refractivity contribution < 1.29 is 0 Å². The molecule has 0 radical (unpaired) electrons. The summed E-state index contributed by atoms with van der Waals surface area (Å²) in [5, 5.41) is 1.11. The van der Waals surface area contributed by atoms with Crippen LogP contribution in [0.4, 0.5) is 0 Å². The smallest absolute Gasteiger partial charge is 0.0147 e. The number of halogens is 1. The topological polar surface area (TPSA) is 3.24 Å². The van der Waals surface area contributed by atoms with E-state index in [1.165, 1.54) is 13.0 Å². The van der Waals surface area contributed by atoms with Gasteiger partial charge >= 0.3 is 0 Å². The number of nitrogens with zero attached hydrogens (tertiary/aromatic N) is 1. The van der Waals surface area contributed by atoms with Crippen LogP contribution in [0.15, 0.2) is 0 Å². The largest absolute Gasteiger partial charge is 0.301 e. The Morgan fingerprint density at radius 2 is 1.79 bits per heavy atom. The quantitative estimate of drug-likeness (QED) is 0.660. The van der Waals surface area contributed by atoms with Gasteiger partial charge in [0.25, 0.3) is 0 Å². The lowest BCUT2D eigenvalue weighted by atomic mass is 9.93. The second-order valence-corrected chi connectivity index (χ2v) is 5.85. The highest BCUT2D eigenvalue weighted by atomic mass is 79.9. The monoisotopic (exact) mass is 263 g/mol. The summed E-state index contributed by atoms with van der Waals surface area (Å²) in [6.07, 6.45) is 1.20. The number of hydrogen-bond donors (Lipinski definition) is 0. The Kier molecular flexibility index (Phi) is 6.31. The van der Waals surface area contributed by atoms with Crippen LogP contribution < -0.4 is 0 Å². The van der Waals surface area contributed by atoms with Crippen molar-refractivity contribution in [1.82, 2.24) is 4.90 Å². The van der Waals surface area contributed by atoms with Gasteiger partial charge in [-0.15, -0.1) is 0 Å². The third kappa shape index (κ3) is 4.31. The van der Waals surface area contributed by atoms with Gasteiger partial charge in [-0.3, -0.25) is 0 Å². The summed E-state index contributed by atoms with van der Waals surface area (Å²) >= 11 is 3.61. The molecule has 1 nitrogen and oxygen atoms in total. The predicted octanol–water partition coefficient (Wildman–Crippen LogP) is 3.77. The van der Waals surface area contributed by atoms with E-state index >= 15 is 0 Å². The first-order chi connectivity index (χ1) is 6.35. The van der Waals surface area contributed by atoms with E-state index in [0.717, 1.165) is 17.2 Å². The molecule has 0 aromatic carbocycles. The lowest BCUT2D eigenvalue weighted by Crippen LogP contribution is -2.44. The first-order valence-corrected chi connectivity index (χ1v) is 6.74. The zero-order chi connectivity index (χ0) is 11.4. The summed E-state index contributed by atoms with van der Waals surface area (Å²) in [4.78, 5) is 2.49. The Labute approximate surface area is 98.4 Å². The van der Waals surface area contributed by atoms with E-state index in [4.69, 9.17) is 0 Å². The Balaban J connectivity index is 4.21. The number of alkyl halides is 1. The number of hydrogen-bond acceptors (Lipinski definition) is 1. The van der Waals surface area contributed by atoms with Crippen LogP contribution in [0, 0.1) is 11.8 Å². The van der Waals surface area contributed by atoms with Crippen LogP contribution in [0.25, 0.3) is 0 Å². The molecule has 14 heavy (non-hydrogen) atoms. The standard InChI is InChI=1S/C12H26BrN/c1-7-12(4,5)14(6)9-11(8-13)10(2)3/h10-11H,7-9H2,1-6H3. The fourth-order valence-electron chi connectivity index (χ4n) is 1.31. The second-order valence-electron chi connectivity index (χ2n) is 5.20. The average Bonchev–Trinajstić information content (AvgIpc) is 2.12. The Morgan fingerprint density at radius 1 is 1.29 bits per heavy atom. The van der Waals surface area contributed by atoms with Gasteiger partial charge in [-0.2, -0.15) is 0 Å². The molecular formula is C12H26BrN. The molecule has 0 saturated carbocycles. The van der Waals surface area contributed by atoms with Gasteiger partial charge in [0.2, 0.25) is 0 Å². The molecule has 0 saturated heterocycles. The zero-order valence-electron chi connectivity index (χ0n) is 10.6. The van der Waals surface area contributed by atoms with Crippen LogP contribution >= 0.6 is 15.9 Å². The van der Waals surface area contributed by atoms with Gasteiger partial charge in [0.15, 0.2) is 0 Å². The fraction of sp³-hybridized carbons (Fsp3) is 1.00. The van der Waals surface area contributed by atoms with Gasteiger partial charge in [0.05, 0.1) is 0 Å². The summed E-state index contributed by atoms with van der Waals surface area (Å²) in [6.45, 7) is 12.7. The van der Waals surface area contributed by atoms with Crippen molar-refractivity contribution in [2.75, 3.05) is 18.9 Å². The molecule has 0 aliphatic rings. The molecule has 0 spiro atoms. The molecule has 0 aliphatic heterocycles. The van der Waals surface area contributed by atoms with E-state index in [-0.39, 0.29) is 0 Å². The molecule has 0 aromatic rings. The van der Waals surface area contributed by atoms with Crippen LogP contribution in [0.3, 0.4) is 0 Å². The molecule has 86 valence electrons. The van der Waals surface area contributed by atoms with Crippen molar-refractivity contribution in [3.63, 3.8) is 0 Å². The molecule has 0 bridgehead atoms. The van der Waals surface area contributed by atoms with E-state index in [1.54, 1.807) is 0 Å². The summed E-state index contributed by atoms with van der Waals surface area (Å²) in [5.41, 5.74) is 0.329. The molecule has 0 rings (SSSR count). The SMILES string of the molecule is CCC(C)(C)N(C)CC(CBr)C(C)C. The van der Waals surface area contributed by atoms with Crippen molar-refractivity contribution in [3.8, 4) is 0 Å². The minimum atomic E-state index is 0.329. The summed E-state index contributed by atoms with van der Waals surface area (Å²) in [6, 6.07) is 0. The van der Waals surface area contributed by atoms with Crippen LogP contribution in [0.2, 0.25) is 0 Å². The Hall–Kier alpha value is 0.440. The van der Waals surface area contributed by atoms with Crippen molar-refractivity contribution in [3.05, 3.63) is 0 Å². The van der Waals surface area contributed by atoms with E-state index in [0.29, 0.717) is 5.54 Å². The van der Waals surface area contributed by atoms with E-state index < -0.39 is 0 Å². The molecule has 0 aromatic heterocycles. The molecule has 1 unspecified atom stereocenters. The van der Waals surface area contributed by atoms with E-state index in [1.807, 2.05) is 0 Å². The normalized spacial score (nSPS) is 15.2. The molecule has 0 aliphatic carbocycles. The minimum absolute atomic E-state index is 0.329.